The van der Waals surface area contributed by atoms with Gasteiger partial charge in [0.25, 0.3) is 5.91 Å². The molecule has 0 spiro atoms. The van der Waals surface area contributed by atoms with Gasteiger partial charge in [-0.05, 0) is 38.5 Å². The van der Waals surface area contributed by atoms with Gasteiger partial charge >= 0.3 is 0 Å². The van der Waals surface area contributed by atoms with Crippen LogP contribution in [0.3, 0.4) is 0 Å². The van der Waals surface area contributed by atoms with Crippen molar-refractivity contribution in [2.24, 2.45) is 0 Å². The van der Waals surface area contributed by atoms with Gasteiger partial charge < -0.3 is 14.8 Å². The van der Waals surface area contributed by atoms with Gasteiger partial charge in [0.2, 0.25) is 0 Å². The van der Waals surface area contributed by atoms with Gasteiger partial charge in [0.15, 0.2) is 23.4 Å². The van der Waals surface area contributed by atoms with Gasteiger partial charge in [-0.2, -0.15) is 0 Å². The molecule has 0 aliphatic heterocycles. The van der Waals surface area contributed by atoms with Crippen LogP contribution in [0, 0.1) is 0 Å². The number of ether oxygens (including phenoxy) is 2. The SMILES string of the molecule is CCCCNC(=O)C(C)Oc1ccc(C(C)=O)cc1OC. The minimum absolute atomic E-state index is 0.0507. The number of carbonyl (C=O) groups excluding carboxylic acids is 2. The molecule has 0 saturated heterocycles. The number of amides is 1. The minimum Gasteiger partial charge on any atom is -0.493 e. The first-order valence-electron chi connectivity index (χ1n) is 7.13. The molecule has 0 heterocycles. The molecule has 0 aliphatic rings. The van der Waals surface area contributed by atoms with Crippen LogP contribution in [-0.2, 0) is 4.79 Å². The van der Waals surface area contributed by atoms with E-state index in [0.29, 0.717) is 23.6 Å². The third kappa shape index (κ3) is 5.10. The average molecular weight is 293 g/mol. The standard InChI is InChI=1S/C16H23NO4/c1-5-6-9-17-16(19)12(3)21-14-8-7-13(11(2)18)10-15(14)20-4/h7-8,10,12H,5-6,9H2,1-4H3,(H,17,19). The van der Waals surface area contributed by atoms with Crippen LogP contribution in [0.5, 0.6) is 11.5 Å². The van der Waals surface area contributed by atoms with E-state index in [9.17, 15) is 9.59 Å². The van der Waals surface area contributed by atoms with Gasteiger partial charge in [0.05, 0.1) is 7.11 Å². The molecule has 1 N–H and O–H groups in total. The monoisotopic (exact) mass is 293 g/mol. The molecule has 5 heteroatoms. The zero-order chi connectivity index (χ0) is 15.8. The van der Waals surface area contributed by atoms with Crippen LogP contribution in [0.15, 0.2) is 18.2 Å². The van der Waals surface area contributed by atoms with E-state index in [1.54, 1.807) is 25.1 Å². The van der Waals surface area contributed by atoms with Gasteiger partial charge in [0.1, 0.15) is 0 Å². The molecule has 1 atom stereocenters. The van der Waals surface area contributed by atoms with Crippen molar-refractivity contribution >= 4 is 11.7 Å². The van der Waals surface area contributed by atoms with Crippen LogP contribution in [0.25, 0.3) is 0 Å². The number of unbranched alkanes of at least 4 members (excludes halogenated alkanes) is 1. The number of Topliss-reactive ketones (excluding diaryl/α,β-unsaturated/α-hetero) is 1. The molecular weight excluding hydrogens is 270 g/mol. The predicted octanol–water partition coefficient (Wildman–Crippen LogP) is 2.58. The van der Waals surface area contributed by atoms with Gasteiger partial charge in [0, 0.05) is 12.1 Å². The Morgan fingerprint density at radius 1 is 1.29 bits per heavy atom. The molecule has 0 fully saturated rings. The minimum atomic E-state index is -0.626. The van der Waals surface area contributed by atoms with Crippen molar-refractivity contribution in [3.63, 3.8) is 0 Å². The topological polar surface area (TPSA) is 64.6 Å². The molecule has 1 rings (SSSR count). The fourth-order valence-corrected chi connectivity index (χ4v) is 1.76. The van der Waals surface area contributed by atoms with Crippen molar-refractivity contribution in [2.45, 2.75) is 39.7 Å². The van der Waals surface area contributed by atoms with Crippen molar-refractivity contribution in [3.05, 3.63) is 23.8 Å². The number of hydrogen-bond donors (Lipinski definition) is 1. The molecule has 0 aliphatic carbocycles. The fraction of sp³-hybridized carbons (Fsp3) is 0.500. The lowest BCUT2D eigenvalue weighted by atomic mass is 10.1. The average Bonchev–Trinajstić information content (AvgIpc) is 2.47. The molecular formula is C16H23NO4. The Labute approximate surface area is 125 Å². The number of rotatable bonds is 8. The van der Waals surface area contributed by atoms with Crippen LogP contribution in [0.2, 0.25) is 0 Å². The highest BCUT2D eigenvalue weighted by molar-refractivity contribution is 5.94. The highest BCUT2D eigenvalue weighted by Crippen LogP contribution is 2.29. The van der Waals surface area contributed by atoms with Crippen LogP contribution >= 0.6 is 0 Å². The Kier molecular flexibility index (Phi) is 6.72. The van der Waals surface area contributed by atoms with E-state index < -0.39 is 6.10 Å². The number of methoxy groups -OCH3 is 1. The molecule has 1 aromatic rings. The summed E-state index contributed by atoms with van der Waals surface area (Å²) in [6, 6.07) is 4.91. The van der Waals surface area contributed by atoms with Crippen molar-refractivity contribution in [3.8, 4) is 11.5 Å². The third-order valence-electron chi connectivity index (χ3n) is 3.07. The zero-order valence-corrected chi connectivity index (χ0v) is 13.1. The third-order valence-corrected chi connectivity index (χ3v) is 3.07. The van der Waals surface area contributed by atoms with E-state index >= 15 is 0 Å². The summed E-state index contributed by atoms with van der Waals surface area (Å²) in [5.41, 5.74) is 0.541. The summed E-state index contributed by atoms with van der Waals surface area (Å²) < 4.78 is 10.8. The van der Waals surface area contributed by atoms with Gasteiger partial charge in [-0.1, -0.05) is 13.3 Å². The molecule has 0 radical (unpaired) electrons. The van der Waals surface area contributed by atoms with Crippen molar-refractivity contribution in [1.29, 1.82) is 0 Å². The second-order valence-corrected chi connectivity index (χ2v) is 4.83. The first-order chi connectivity index (χ1) is 9.99. The molecule has 1 amide bonds. The number of ketones is 1. The molecule has 1 aromatic carbocycles. The summed E-state index contributed by atoms with van der Waals surface area (Å²) in [5.74, 6) is 0.669. The number of hydrogen-bond acceptors (Lipinski definition) is 4. The molecule has 0 saturated carbocycles. The quantitative estimate of drug-likeness (QED) is 0.591. The van der Waals surface area contributed by atoms with Crippen LogP contribution in [0.1, 0.15) is 44.0 Å². The molecule has 116 valence electrons. The second-order valence-electron chi connectivity index (χ2n) is 4.83. The molecule has 21 heavy (non-hydrogen) atoms. The summed E-state index contributed by atoms with van der Waals surface area (Å²) in [5, 5.41) is 2.81. The predicted molar refractivity (Wildman–Crippen MR) is 81.0 cm³/mol. The normalized spacial score (nSPS) is 11.6. The Hall–Kier alpha value is -2.04. The molecule has 1 unspecified atom stereocenters. The summed E-state index contributed by atoms with van der Waals surface area (Å²) >= 11 is 0. The van der Waals surface area contributed by atoms with Gasteiger partial charge in [-0.25, -0.2) is 0 Å². The summed E-state index contributed by atoms with van der Waals surface area (Å²) in [6.07, 6.45) is 1.34. The molecule has 0 bridgehead atoms. The lowest BCUT2D eigenvalue weighted by molar-refractivity contribution is -0.127. The van der Waals surface area contributed by atoms with E-state index in [4.69, 9.17) is 9.47 Å². The highest BCUT2D eigenvalue weighted by atomic mass is 16.5. The lowest BCUT2D eigenvalue weighted by Crippen LogP contribution is -2.36. The van der Waals surface area contributed by atoms with E-state index in [-0.39, 0.29) is 11.7 Å². The Balaban J connectivity index is 2.73. The maximum Gasteiger partial charge on any atom is 0.260 e. The zero-order valence-electron chi connectivity index (χ0n) is 13.1. The van der Waals surface area contributed by atoms with E-state index in [2.05, 4.69) is 12.2 Å². The van der Waals surface area contributed by atoms with Crippen molar-refractivity contribution in [1.82, 2.24) is 5.32 Å². The fourth-order valence-electron chi connectivity index (χ4n) is 1.76. The molecule has 5 nitrogen and oxygen atoms in total. The van der Waals surface area contributed by atoms with E-state index in [0.717, 1.165) is 12.8 Å². The lowest BCUT2D eigenvalue weighted by Gasteiger charge is -2.17. The van der Waals surface area contributed by atoms with Crippen LogP contribution in [-0.4, -0.2) is 31.4 Å². The maximum absolute atomic E-state index is 11.9. The number of carbonyl (C=O) groups is 2. The van der Waals surface area contributed by atoms with E-state index in [1.807, 2.05) is 0 Å². The van der Waals surface area contributed by atoms with Crippen molar-refractivity contribution < 1.29 is 19.1 Å². The smallest absolute Gasteiger partial charge is 0.260 e. The highest BCUT2D eigenvalue weighted by Gasteiger charge is 2.17. The summed E-state index contributed by atoms with van der Waals surface area (Å²) in [7, 11) is 1.50. The second kappa shape index (κ2) is 8.29. The first-order valence-corrected chi connectivity index (χ1v) is 7.13. The van der Waals surface area contributed by atoms with Crippen LogP contribution < -0.4 is 14.8 Å². The Morgan fingerprint density at radius 2 is 2.00 bits per heavy atom. The number of benzene rings is 1. The van der Waals surface area contributed by atoms with Gasteiger partial charge in [-0.15, -0.1) is 0 Å². The number of nitrogens with one attached hydrogen (secondary N) is 1. The van der Waals surface area contributed by atoms with Crippen molar-refractivity contribution in [2.75, 3.05) is 13.7 Å². The largest absolute Gasteiger partial charge is 0.493 e. The first kappa shape index (κ1) is 17.0. The molecule has 0 aromatic heterocycles. The maximum atomic E-state index is 11.9. The summed E-state index contributed by atoms with van der Waals surface area (Å²) in [6.45, 7) is 5.87. The van der Waals surface area contributed by atoms with Crippen LogP contribution in [0.4, 0.5) is 0 Å². The van der Waals surface area contributed by atoms with E-state index in [1.165, 1.54) is 14.0 Å². The Morgan fingerprint density at radius 3 is 2.57 bits per heavy atom. The Bertz CT molecular complexity index is 499. The van der Waals surface area contributed by atoms with Gasteiger partial charge in [-0.3, -0.25) is 9.59 Å². The summed E-state index contributed by atoms with van der Waals surface area (Å²) in [4.78, 5) is 23.2.